The third-order valence-corrected chi connectivity index (χ3v) is 4.54. The molecule has 1 heterocycles. The van der Waals surface area contributed by atoms with Gasteiger partial charge in [0.2, 0.25) is 5.91 Å². The number of hydrogen-bond donors (Lipinski definition) is 1. The second kappa shape index (κ2) is 7.62. The fourth-order valence-corrected chi connectivity index (χ4v) is 3.11. The van der Waals surface area contributed by atoms with Crippen LogP contribution in [0, 0.1) is 10.1 Å². The zero-order chi connectivity index (χ0) is 17.8. The molecule has 0 radical (unpaired) electrons. The summed E-state index contributed by atoms with van der Waals surface area (Å²) in [5.74, 6) is 1.03. The molecule has 0 saturated carbocycles. The molecule has 3 rings (SSSR count). The van der Waals surface area contributed by atoms with E-state index in [0.29, 0.717) is 29.7 Å². The van der Waals surface area contributed by atoms with Gasteiger partial charge in [-0.05, 0) is 30.3 Å². The van der Waals surface area contributed by atoms with Crippen LogP contribution in [-0.2, 0) is 4.79 Å². The average Bonchev–Trinajstić information content (AvgIpc) is 2.59. The van der Waals surface area contributed by atoms with Crippen LogP contribution >= 0.6 is 23.4 Å². The maximum atomic E-state index is 12.1. The Morgan fingerprint density at radius 2 is 1.96 bits per heavy atom. The van der Waals surface area contributed by atoms with Crippen molar-refractivity contribution >= 4 is 40.6 Å². The molecule has 0 bridgehead atoms. The molecule has 1 N–H and O–H groups in total. The van der Waals surface area contributed by atoms with Gasteiger partial charge in [-0.25, -0.2) is 0 Å². The minimum absolute atomic E-state index is 0.0743. The van der Waals surface area contributed by atoms with E-state index < -0.39 is 4.92 Å². The number of nitrogens with zero attached hydrogens (tertiary/aromatic N) is 1. The fraction of sp³-hybridized carbons (Fsp3) is 0.188. The second-order valence-corrected chi connectivity index (χ2v) is 6.55. The number of fused-ring (bicyclic) bond motifs is 1. The molecule has 2 aromatic carbocycles. The Morgan fingerprint density at radius 3 is 2.72 bits per heavy atom. The molecule has 9 heteroatoms. The van der Waals surface area contributed by atoms with Crippen molar-refractivity contribution in [3.05, 3.63) is 51.5 Å². The first kappa shape index (κ1) is 17.4. The quantitative estimate of drug-likeness (QED) is 0.482. The normalized spacial score (nSPS) is 12.5. The Morgan fingerprint density at radius 1 is 1.20 bits per heavy atom. The lowest BCUT2D eigenvalue weighted by Gasteiger charge is -2.18. The topological polar surface area (TPSA) is 90.7 Å². The molecule has 0 aromatic heterocycles. The van der Waals surface area contributed by atoms with Crippen LogP contribution in [0.4, 0.5) is 11.4 Å². The van der Waals surface area contributed by atoms with Crippen LogP contribution in [0.3, 0.4) is 0 Å². The lowest BCUT2D eigenvalue weighted by Crippen LogP contribution is -2.16. The van der Waals surface area contributed by atoms with Crippen LogP contribution in [-0.4, -0.2) is 29.8 Å². The minimum atomic E-state index is -0.570. The Bertz CT molecular complexity index is 830. The molecule has 2 aromatic rings. The molecule has 0 saturated heterocycles. The number of hydrogen-bond acceptors (Lipinski definition) is 6. The Kier molecular flexibility index (Phi) is 5.30. The molecule has 130 valence electrons. The molecular formula is C16H13ClN2O5S. The monoisotopic (exact) mass is 380 g/mol. The van der Waals surface area contributed by atoms with E-state index in [2.05, 4.69) is 5.32 Å². The van der Waals surface area contributed by atoms with Gasteiger partial charge in [0.15, 0.2) is 11.5 Å². The second-order valence-electron chi connectivity index (χ2n) is 5.06. The number of amides is 1. The zero-order valence-corrected chi connectivity index (χ0v) is 14.4. The fourth-order valence-electron chi connectivity index (χ4n) is 2.22. The van der Waals surface area contributed by atoms with Crippen molar-refractivity contribution < 1.29 is 19.2 Å². The van der Waals surface area contributed by atoms with E-state index in [0.717, 1.165) is 4.90 Å². The zero-order valence-electron chi connectivity index (χ0n) is 12.9. The van der Waals surface area contributed by atoms with Crippen molar-refractivity contribution in [1.82, 2.24) is 0 Å². The molecular weight excluding hydrogens is 368 g/mol. The number of nitro groups is 1. The van der Waals surface area contributed by atoms with Gasteiger partial charge in [-0.2, -0.15) is 0 Å². The number of carbonyl (C=O) groups excluding carboxylic acids is 1. The summed E-state index contributed by atoms with van der Waals surface area (Å²) in [6, 6.07) is 9.43. The lowest BCUT2D eigenvalue weighted by atomic mass is 10.2. The maximum absolute atomic E-state index is 12.1. The van der Waals surface area contributed by atoms with Crippen LogP contribution in [0.15, 0.2) is 41.3 Å². The van der Waals surface area contributed by atoms with Gasteiger partial charge < -0.3 is 14.8 Å². The minimum Gasteiger partial charge on any atom is -0.486 e. The number of anilines is 1. The van der Waals surface area contributed by atoms with Crippen molar-refractivity contribution in [2.75, 3.05) is 24.3 Å². The highest BCUT2D eigenvalue weighted by molar-refractivity contribution is 8.00. The van der Waals surface area contributed by atoms with Crippen LogP contribution < -0.4 is 14.8 Å². The first-order chi connectivity index (χ1) is 12.0. The molecule has 0 atom stereocenters. The predicted octanol–water partition coefficient (Wildman–Crippen LogP) is 3.75. The highest BCUT2D eigenvalue weighted by atomic mass is 35.5. The van der Waals surface area contributed by atoms with Gasteiger partial charge in [0, 0.05) is 16.0 Å². The van der Waals surface area contributed by atoms with Crippen LogP contribution in [0.25, 0.3) is 0 Å². The molecule has 1 amide bonds. The third-order valence-electron chi connectivity index (χ3n) is 3.31. The summed E-state index contributed by atoms with van der Waals surface area (Å²) in [6.07, 6.45) is 0. The first-order valence-electron chi connectivity index (χ1n) is 7.29. The van der Waals surface area contributed by atoms with Gasteiger partial charge in [0.05, 0.1) is 10.7 Å². The number of thioether (sulfide) groups is 1. The number of halogens is 1. The number of ether oxygens (including phenoxy) is 2. The number of benzene rings is 2. The molecule has 0 aliphatic carbocycles. The van der Waals surface area contributed by atoms with Gasteiger partial charge in [-0.1, -0.05) is 11.6 Å². The SMILES string of the molecule is O=C(CSc1ccc2c(c1)OCCO2)Nc1cc(Cl)ccc1[N+](=O)[O-]. The number of nitrogens with one attached hydrogen (secondary N) is 1. The summed E-state index contributed by atoms with van der Waals surface area (Å²) >= 11 is 7.13. The van der Waals surface area contributed by atoms with E-state index in [1.807, 2.05) is 6.07 Å². The summed E-state index contributed by atoms with van der Waals surface area (Å²) in [5.41, 5.74) is -0.132. The van der Waals surface area contributed by atoms with Gasteiger partial charge in [-0.3, -0.25) is 14.9 Å². The van der Waals surface area contributed by atoms with E-state index in [1.54, 1.807) is 12.1 Å². The van der Waals surface area contributed by atoms with Crippen molar-refractivity contribution in [2.45, 2.75) is 4.90 Å². The maximum Gasteiger partial charge on any atom is 0.292 e. The van der Waals surface area contributed by atoms with E-state index >= 15 is 0 Å². The molecule has 0 fully saturated rings. The van der Waals surface area contributed by atoms with Crippen LogP contribution in [0.2, 0.25) is 5.02 Å². The van der Waals surface area contributed by atoms with Crippen molar-refractivity contribution in [2.24, 2.45) is 0 Å². The molecule has 25 heavy (non-hydrogen) atoms. The Balaban J connectivity index is 1.64. The standard InChI is InChI=1S/C16H13ClN2O5S/c17-10-1-3-13(19(21)22)12(7-10)18-16(20)9-25-11-2-4-14-15(8-11)24-6-5-23-14/h1-4,7-8H,5-6,9H2,(H,18,20). The Hall–Kier alpha value is -2.45. The Labute approximate surface area is 152 Å². The highest BCUT2D eigenvalue weighted by Gasteiger charge is 2.17. The van der Waals surface area contributed by atoms with Gasteiger partial charge in [0.25, 0.3) is 5.69 Å². The van der Waals surface area contributed by atoms with E-state index in [1.165, 1.54) is 30.0 Å². The molecule has 1 aliphatic heterocycles. The van der Waals surface area contributed by atoms with Crippen molar-refractivity contribution in [1.29, 1.82) is 0 Å². The smallest absolute Gasteiger partial charge is 0.292 e. The molecule has 0 unspecified atom stereocenters. The summed E-state index contributed by atoms with van der Waals surface area (Å²) < 4.78 is 10.9. The van der Waals surface area contributed by atoms with Gasteiger partial charge >= 0.3 is 0 Å². The summed E-state index contributed by atoms with van der Waals surface area (Å²) in [5, 5.41) is 13.8. The van der Waals surface area contributed by atoms with Gasteiger partial charge in [-0.15, -0.1) is 11.8 Å². The van der Waals surface area contributed by atoms with Gasteiger partial charge in [0.1, 0.15) is 18.9 Å². The largest absolute Gasteiger partial charge is 0.486 e. The van der Waals surface area contributed by atoms with E-state index in [4.69, 9.17) is 21.1 Å². The van der Waals surface area contributed by atoms with Crippen LogP contribution in [0.5, 0.6) is 11.5 Å². The van der Waals surface area contributed by atoms with Crippen molar-refractivity contribution in [3.8, 4) is 11.5 Å². The molecule has 7 nitrogen and oxygen atoms in total. The molecule has 1 aliphatic rings. The third kappa shape index (κ3) is 4.34. The molecule has 0 spiro atoms. The van der Waals surface area contributed by atoms with Crippen molar-refractivity contribution in [3.63, 3.8) is 0 Å². The van der Waals surface area contributed by atoms with E-state index in [9.17, 15) is 14.9 Å². The van der Waals surface area contributed by atoms with E-state index in [-0.39, 0.29) is 23.0 Å². The predicted molar refractivity (Wildman–Crippen MR) is 94.9 cm³/mol. The lowest BCUT2D eigenvalue weighted by molar-refractivity contribution is -0.383. The average molecular weight is 381 g/mol. The number of carbonyl (C=O) groups is 1. The number of nitro benzene ring substituents is 1. The summed E-state index contributed by atoms with van der Waals surface area (Å²) in [4.78, 5) is 23.4. The first-order valence-corrected chi connectivity index (χ1v) is 8.65. The number of rotatable bonds is 5. The van der Waals surface area contributed by atoms with Crippen LogP contribution in [0.1, 0.15) is 0 Å². The highest BCUT2D eigenvalue weighted by Crippen LogP contribution is 2.34. The summed E-state index contributed by atoms with van der Waals surface area (Å²) in [6.45, 7) is 1.00. The summed E-state index contributed by atoms with van der Waals surface area (Å²) in [7, 11) is 0.